The van der Waals surface area contributed by atoms with Crippen molar-refractivity contribution in [3.05, 3.63) is 41.5 Å². The minimum absolute atomic E-state index is 0.694. The number of methoxy groups -OCH3 is 1. The van der Waals surface area contributed by atoms with E-state index in [4.69, 9.17) is 9.84 Å². The van der Waals surface area contributed by atoms with E-state index in [1.807, 2.05) is 24.3 Å². The summed E-state index contributed by atoms with van der Waals surface area (Å²) in [5.74, 6) is -0.935. The molecule has 0 spiro atoms. The number of nitrogens with one attached hydrogen (secondary N) is 1. The van der Waals surface area contributed by atoms with Gasteiger partial charge in [0.25, 0.3) is 0 Å². The Morgan fingerprint density at radius 2 is 2.12 bits per heavy atom. The monoisotopic (exact) mass is 235 g/mol. The lowest BCUT2D eigenvalue weighted by Crippen LogP contribution is -2.18. The average Bonchev–Trinajstić information content (AvgIpc) is 2.33. The molecule has 1 aromatic carbocycles. The molecule has 0 bridgehead atoms. The minimum Gasteiger partial charge on any atom is -0.478 e. The van der Waals surface area contributed by atoms with Gasteiger partial charge in [-0.2, -0.15) is 0 Å². The molecule has 0 heterocycles. The molecule has 0 saturated heterocycles. The molecule has 0 saturated carbocycles. The lowest BCUT2D eigenvalue weighted by Gasteiger charge is -2.04. The van der Waals surface area contributed by atoms with Crippen LogP contribution in [0.1, 0.15) is 11.1 Å². The number of carboxylic acids is 1. The van der Waals surface area contributed by atoms with Crippen molar-refractivity contribution < 1.29 is 14.6 Å². The molecule has 1 aromatic rings. The second-order valence-electron chi connectivity index (χ2n) is 3.58. The Bertz CT molecular complexity index is 371. The summed E-state index contributed by atoms with van der Waals surface area (Å²) in [6.45, 7) is 2.29. The van der Waals surface area contributed by atoms with E-state index in [-0.39, 0.29) is 0 Å². The van der Waals surface area contributed by atoms with Crippen LogP contribution in [0.15, 0.2) is 30.3 Å². The molecule has 0 aliphatic rings. The highest BCUT2D eigenvalue weighted by Gasteiger charge is 1.93. The van der Waals surface area contributed by atoms with Crippen LogP contribution in [0.2, 0.25) is 0 Å². The van der Waals surface area contributed by atoms with Gasteiger partial charge in [-0.25, -0.2) is 4.79 Å². The van der Waals surface area contributed by atoms with Crippen molar-refractivity contribution in [1.29, 1.82) is 0 Å². The van der Waals surface area contributed by atoms with E-state index in [0.717, 1.165) is 30.3 Å². The first-order valence-corrected chi connectivity index (χ1v) is 5.42. The highest BCUT2D eigenvalue weighted by molar-refractivity contribution is 5.85. The number of aliphatic carboxylic acids is 1. The fourth-order valence-corrected chi connectivity index (χ4v) is 1.32. The Morgan fingerprint density at radius 1 is 1.41 bits per heavy atom. The number of hydrogen-bond acceptors (Lipinski definition) is 3. The molecule has 0 aliphatic heterocycles. The van der Waals surface area contributed by atoms with Crippen molar-refractivity contribution >= 4 is 12.0 Å². The van der Waals surface area contributed by atoms with Crippen LogP contribution in [0.3, 0.4) is 0 Å². The number of rotatable bonds is 7. The molecule has 0 radical (unpaired) electrons. The van der Waals surface area contributed by atoms with E-state index >= 15 is 0 Å². The lowest BCUT2D eigenvalue weighted by atomic mass is 10.1. The third-order valence-electron chi connectivity index (χ3n) is 2.21. The molecule has 1 rings (SSSR count). The smallest absolute Gasteiger partial charge is 0.328 e. The van der Waals surface area contributed by atoms with Gasteiger partial charge in [0, 0.05) is 26.3 Å². The van der Waals surface area contributed by atoms with Crippen molar-refractivity contribution in [2.75, 3.05) is 20.3 Å². The molecule has 92 valence electrons. The van der Waals surface area contributed by atoms with Crippen LogP contribution < -0.4 is 5.32 Å². The van der Waals surface area contributed by atoms with Crippen LogP contribution in [0.25, 0.3) is 6.08 Å². The first kappa shape index (κ1) is 13.4. The summed E-state index contributed by atoms with van der Waals surface area (Å²) >= 11 is 0. The Balaban J connectivity index is 2.42. The van der Waals surface area contributed by atoms with Gasteiger partial charge in [0.2, 0.25) is 0 Å². The predicted molar refractivity (Wildman–Crippen MR) is 66.7 cm³/mol. The summed E-state index contributed by atoms with van der Waals surface area (Å²) in [6.07, 6.45) is 2.70. The average molecular weight is 235 g/mol. The van der Waals surface area contributed by atoms with Crippen LogP contribution in [-0.4, -0.2) is 31.3 Å². The van der Waals surface area contributed by atoms with Crippen molar-refractivity contribution in [3.63, 3.8) is 0 Å². The molecule has 0 fully saturated rings. The second-order valence-corrected chi connectivity index (χ2v) is 3.58. The van der Waals surface area contributed by atoms with Gasteiger partial charge in [-0.15, -0.1) is 0 Å². The van der Waals surface area contributed by atoms with E-state index in [2.05, 4.69) is 5.32 Å². The molecule has 0 aliphatic carbocycles. The normalized spacial score (nSPS) is 10.9. The summed E-state index contributed by atoms with van der Waals surface area (Å²) in [6, 6.07) is 7.74. The van der Waals surface area contributed by atoms with Gasteiger partial charge in [0.05, 0.1) is 6.61 Å². The van der Waals surface area contributed by atoms with E-state index in [1.54, 1.807) is 13.2 Å². The third-order valence-corrected chi connectivity index (χ3v) is 2.21. The summed E-state index contributed by atoms with van der Waals surface area (Å²) < 4.78 is 4.93. The molecule has 17 heavy (non-hydrogen) atoms. The fourth-order valence-electron chi connectivity index (χ4n) is 1.32. The van der Waals surface area contributed by atoms with Crippen LogP contribution in [-0.2, 0) is 16.1 Å². The summed E-state index contributed by atoms with van der Waals surface area (Å²) in [7, 11) is 1.67. The van der Waals surface area contributed by atoms with Crippen molar-refractivity contribution in [3.8, 4) is 0 Å². The van der Waals surface area contributed by atoms with Crippen LogP contribution in [0.4, 0.5) is 0 Å². The highest BCUT2D eigenvalue weighted by atomic mass is 16.5. The first-order chi connectivity index (χ1) is 8.22. The van der Waals surface area contributed by atoms with Crippen LogP contribution in [0, 0.1) is 0 Å². The predicted octanol–water partition coefficient (Wildman–Crippen LogP) is 1.52. The highest BCUT2D eigenvalue weighted by Crippen LogP contribution is 2.05. The molecule has 4 nitrogen and oxygen atoms in total. The molecule has 0 amide bonds. The number of carbonyl (C=O) groups is 1. The molecular formula is C13H17NO3. The molecule has 0 unspecified atom stereocenters. The zero-order valence-electron chi connectivity index (χ0n) is 9.85. The standard InChI is InChI=1S/C13H17NO3/c1-17-9-8-14-10-12-4-2-11(3-5-12)6-7-13(15)16/h2-7,14H,8-10H2,1H3,(H,15,16)/b7-6+. The van der Waals surface area contributed by atoms with E-state index in [1.165, 1.54) is 0 Å². The SMILES string of the molecule is COCCNCc1ccc(/C=C/C(=O)O)cc1. The topological polar surface area (TPSA) is 58.6 Å². The zero-order chi connectivity index (χ0) is 12.5. The van der Waals surface area contributed by atoms with Crippen LogP contribution in [0.5, 0.6) is 0 Å². The maximum atomic E-state index is 10.3. The van der Waals surface area contributed by atoms with Gasteiger partial charge in [0.15, 0.2) is 0 Å². The van der Waals surface area contributed by atoms with Crippen LogP contribution >= 0.6 is 0 Å². The Morgan fingerprint density at radius 3 is 2.71 bits per heavy atom. The summed E-state index contributed by atoms with van der Waals surface area (Å²) in [5.41, 5.74) is 2.04. The molecule has 4 heteroatoms. The summed E-state index contributed by atoms with van der Waals surface area (Å²) in [4.78, 5) is 10.3. The number of hydrogen-bond donors (Lipinski definition) is 2. The molecule has 2 N–H and O–H groups in total. The van der Waals surface area contributed by atoms with Gasteiger partial charge in [-0.3, -0.25) is 0 Å². The van der Waals surface area contributed by atoms with Gasteiger partial charge >= 0.3 is 5.97 Å². The van der Waals surface area contributed by atoms with E-state index < -0.39 is 5.97 Å². The third kappa shape index (κ3) is 5.85. The van der Waals surface area contributed by atoms with Gasteiger partial charge in [-0.05, 0) is 17.2 Å². The molecular weight excluding hydrogens is 218 g/mol. The Hall–Kier alpha value is -1.65. The van der Waals surface area contributed by atoms with Crippen molar-refractivity contribution in [2.45, 2.75) is 6.54 Å². The quantitative estimate of drug-likeness (QED) is 0.555. The maximum Gasteiger partial charge on any atom is 0.328 e. The number of ether oxygens (including phenoxy) is 1. The van der Waals surface area contributed by atoms with Crippen molar-refractivity contribution in [1.82, 2.24) is 5.32 Å². The Kier molecular flexibility index (Phi) is 5.99. The summed E-state index contributed by atoms with van der Waals surface area (Å²) in [5, 5.41) is 11.7. The largest absolute Gasteiger partial charge is 0.478 e. The van der Waals surface area contributed by atoms with Gasteiger partial charge in [-0.1, -0.05) is 24.3 Å². The Labute approximate surface area is 101 Å². The first-order valence-electron chi connectivity index (χ1n) is 5.42. The van der Waals surface area contributed by atoms with Crippen molar-refractivity contribution in [2.24, 2.45) is 0 Å². The second kappa shape index (κ2) is 7.60. The lowest BCUT2D eigenvalue weighted by molar-refractivity contribution is -0.131. The zero-order valence-corrected chi connectivity index (χ0v) is 9.85. The van der Waals surface area contributed by atoms with Gasteiger partial charge in [0.1, 0.15) is 0 Å². The fraction of sp³-hybridized carbons (Fsp3) is 0.308. The number of benzene rings is 1. The molecule has 0 aromatic heterocycles. The van der Waals surface area contributed by atoms with E-state index in [9.17, 15) is 4.79 Å². The molecule has 0 atom stereocenters. The van der Waals surface area contributed by atoms with E-state index in [0.29, 0.717) is 6.61 Å². The van der Waals surface area contributed by atoms with Gasteiger partial charge < -0.3 is 15.2 Å². The maximum absolute atomic E-state index is 10.3. The number of carboxylic acid groups (broad SMARTS) is 1. The minimum atomic E-state index is -0.935.